The number of hydrogen-bond acceptors (Lipinski definition) is 3. The monoisotopic (exact) mass is 243 g/mol. The van der Waals surface area contributed by atoms with E-state index in [-0.39, 0.29) is 18.5 Å². The van der Waals surface area contributed by atoms with Gasteiger partial charge in [0.1, 0.15) is 5.69 Å². The van der Waals surface area contributed by atoms with E-state index in [9.17, 15) is 4.79 Å². The molecule has 4 heteroatoms. The second-order valence-electron chi connectivity index (χ2n) is 4.65. The van der Waals surface area contributed by atoms with Crippen molar-refractivity contribution in [2.75, 3.05) is 6.54 Å². The summed E-state index contributed by atoms with van der Waals surface area (Å²) in [6.07, 6.45) is 3.69. The topological polar surface area (TPSA) is 68.0 Å². The Morgan fingerprint density at radius 1 is 1.61 bits per heavy atom. The summed E-state index contributed by atoms with van der Waals surface area (Å²) in [5, 5.41) is 2.98. The van der Waals surface area contributed by atoms with Gasteiger partial charge in [-0.15, -0.1) is 0 Å². The molecule has 1 heterocycles. The molecule has 0 spiro atoms. The fraction of sp³-hybridized carbons (Fsp3) is 0.429. The molecule has 3 N–H and O–H groups in total. The molecule has 2 rings (SSSR count). The number of nitrogens with one attached hydrogen (secondary N) is 1. The van der Waals surface area contributed by atoms with E-state index in [1.165, 1.54) is 0 Å². The van der Waals surface area contributed by atoms with Crippen molar-refractivity contribution in [1.29, 1.82) is 0 Å². The summed E-state index contributed by atoms with van der Waals surface area (Å²) >= 11 is 0. The highest BCUT2D eigenvalue weighted by Gasteiger charge is 2.27. The van der Waals surface area contributed by atoms with Crippen LogP contribution in [0.5, 0.6) is 0 Å². The Morgan fingerprint density at radius 3 is 3.06 bits per heavy atom. The maximum Gasteiger partial charge on any atom is 0.271 e. The van der Waals surface area contributed by atoms with Crippen molar-refractivity contribution < 1.29 is 4.79 Å². The van der Waals surface area contributed by atoms with Crippen LogP contribution in [-0.2, 0) is 0 Å². The van der Waals surface area contributed by atoms with Gasteiger partial charge < -0.3 is 11.1 Å². The number of nitrogens with zero attached hydrogens (tertiary/aromatic N) is 1. The first kappa shape index (κ1) is 12.6. The van der Waals surface area contributed by atoms with Gasteiger partial charge in [-0.3, -0.25) is 4.79 Å². The number of hydrogen-bond donors (Lipinski definition) is 2. The van der Waals surface area contributed by atoms with Gasteiger partial charge >= 0.3 is 0 Å². The Kier molecular flexibility index (Phi) is 3.96. The Morgan fingerprint density at radius 2 is 2.39 bits per heavy atom. The molecule has 1 aliphatic carbocycles. The molecule has 94 valence electrons. The smallest absolute Gasteiger partial charge is 0.271 e. The Labute approximate surface area is 107 Å². The van der Waals surface area contributed by atoms with E-state index in [4.69, 9.17) is 5.73 Å². The fourth-order valence-corrected chi connectivity index (χ4v) is 2.11. The lowest BCUT2D eigenvalue weighted by Crippen LogP contribution is -2.43. The van der Waals surface area contributed by atoms with Crippen LogP contribution in [-0.4, -0.2) is 23.5 Å². The average Bonchev–Trinajstić information content (AvgIpc) is 2.34. The molecule has 1 aromatic rings. The van der Waals surface area contributed by atoms with Crippen LogP contribution >= 0.6 is 0 Å². The second-order valence-corrected chi connectivity index (χ2v) is 4.65. The molecule has 18 heavy (non-hydrogen) atoms. The molecular formula is C14H17N3O. The van der Waals surface area contributed by atoms with Gasteiger partial charge in [0.2, 0.25) is 0 Å². The quantitative estimate of drug-likeness (QED) is 0.759. The van der Waals surface area contributed by atoms with Crippen LogP contribution in [0, 0.1) is 17.8 Å². The van der Waals surface area contributed by atoms with Crippen LogP contribution < -0.4 is 11.1 Å². The van der Waals surface area contributed by atoms with Crippen LogP contribution in [0.25, 0.3) is 0 Å². The van der Waals surface area contributed by atoms with E-state index in [2.05, 4.69) is 29.1 Å². The zero-order valence-electron chi connectivity index (χ0n) is 10.4. The molecule has 1 amide bonds. The van der Waals surface area contributed by atoms with E-state index in [0.717, 1.165) is 12.8 Å². The van der Waals surface area contributed by atoms with Crippen molar-refractivity contribution >= 4 is 5.91 Å². The summed E-state index contributed by atoms with van der Waals surface area (Å²) in [4.78, 5) is 16.2. The zero-order valence-corrected chi connectivity index (χ0v) is 10.4. The van der Waals surface area contributed by atoms with Gasteiger partial charge in [-0.2, -0.15) is 0 Å². The normalized spacial score (nSPS) is 21.4. The molecule has 0 bridgehead atoms. The molecule has 1 aliphatic rings. The van der Waals surface area contributed by atoms with Crippen molar-refractivity contribution in [3.05, 3.63) is 29.6 Å². The lowest BCUT2D eigenvalue weighted by atomic mass is 9.82. The zero-order chi connectivity index (χ0) is 13.0. The van der Waals surface area contributed by atoms with Crippen molar-refractivity contribution in [3.8, 4) is 11.8 Å². The average molecular weight is 243 g/mol. The molecule has 0 radical (unpaired) electrons. The maximum atomic E-state index is 12.1. The van der Waals surface area contributed by atoms with E-state index >= 15 is 0 Å². The van der Waals surface area contributed by atoms with Crippen molar-refractivity contribution in [2.45, 2.75) is 25.8 Å². The van der Waals surface area contributed by atoms with Gasteiger partial charge in [0.05, 0.1) is 12.1 Å². The number of rotatable bonds is 2. The standard InChI is InChI=1S/C14H17N3O/c1-10-8-12(9-10)17-14(18)13-11(4-2-6-15)5-3-7-16-13/h3,5,7,10,12H,6,8-9,15H2,1H3,(H,17,18). The van der Waals surface area contributed by atoms with Gasteiger partial charge in [0, 0.05) is 12.2 Å². The summed E-state index contributed by atoms with van der Waals surface area (Å²) in [6, 6.07) is 3.83. The van der Waals surface area contributed by atoms with Gasteiger partial charge in [0.15, 0.2) is 0 Å². The number of carbonyl (C=O) groups is 1. The summed E-state index contributed by atoms with van der Waals surface area (Å²) in [7, 11) is 0. The Hall–Kier alpha value is -1.86. The Balaban J connectivity index is 2.09. The molecule has 0 saturated heterocycles. The summed E-state index contributed by atoms with van der Waals surface area (Å²) in [5.41, 5.74) is 6.35. The highest BCUT2D eigenvalue weighted by molar-refractivity contribution is 5.95. The summed E-state index contributed by atoms with van der Waals surface area (Å²) in [6.45, 7) is 2.46. The van der Waals surface area contributed by atoms with Gasteiger partial charge in [-0.05, 0) is 30.9 Å². The summed E-state index contributed by atoms with van der Waals surface area (Å²) in [5.74, 6) is 6.18. The van der Waals surface area contributed by atoms with E-state index < -0.39 is 0 Å². The highest BCUT2D eigenvalue weighted by Crippen LogP contribution is 2.26. The van der Waals surface area contributed by atoms with Crippen LogP contribution in [0.4, 0.5) is 0 Å². The van der Waals surface area contributed by atoms with Crippen LogP contribution in [0.3, 0.4) is 0 Å². The van der Waals surface area contributed by atoms with Crippen LogP contribution in [0.1, 0.15) is 35.8 Å². The molecule has 0 unspecified atom stereocenters. The predicted octanol–water partition coefficient (Wildman–Crippen LogP) is 0.920. The first-order valence-corrected chi connectivity index (χ1v) is 6.15. The first-order chi connectivity index (χ1) is 8.70. The molecule has 4 nitrogen and oxygen atoms in total. The maximum absolute atomic E-state index is 12.1. The van der Waals surface area contributed by atoms with E-state index in [1.54, 1.807) is 18.3 Å². The lowest BCUT2D eigenvalue weighted by molar-refractivity contribution is 0.0890. The fourth-order valence-electron chi connectivity index (χ4n) is 2.11. The molecule has 0 aliphatic heterocycles. The number of carbonyl (C=O) groups excluding carboxylic acids is 1. The second kappa shape index (κ2) is 5.65. The number of aromatic nitrogens is 1. The highest BCUT2D eigenvalue weighted by atomic mass is 16.1. The third-order valence-electron chi connectivity index (χ3n) is 3.06. The molecular weight excluding hydrogens is 226 g/mol. The van der Waals surface area contributed by atoms with Gasteiger partial charge in [-0.25, -0.2) is 4.98 Å². The minimum absolute atomic E-state index is 0.145. The minimum atomic E-state index is -0.145. The van der Waals surface area contributed by atoms with E-state index in [1.807, 2.05) is 0 Å². The number of amides is 1. The van der Waals surface area contributed by atoms with Gasteiger partial charge in [0.25, 0.3) is 5.91 Å². The van der Waals surface area contributed by atoms with Crippen LogP contribution in [0.15, 0.2) is 18.3 Å². The summed E-state index contributed by atoms with van der Waals surface area (Å²) < 4.78 is 0. The first-order valence-electron chi connectivity index (χ1n) is 6.15. The number of nitrogens with two attached hydrogens (primary N) is 1. The van der Waals surface area contributed by atoms with Gasteiger partial charge in [-0.1, -0.05) is 18.8 Å². The van der Waals surface area contributed by atoms with E-state index in [0.29, 0.717) is 17.2 Å². The predicted molar refractivity (Wildman–Crippen MR) is 69.8 cm³/mol. The lowest BCUT2D eigenvalue weighted by Gasteiger charge is -2.33. The Bertz CT molecular complexity index is 495. The largest absolute Gasteiger partial charge is 0.348 e. The molecule has 0 aromatic carbocycles. The SMILES string of the molecule is CC1CC(NC(=O)c2ncccc2C#CCN)C1. The molecule has 0 atom stereocenters. The minimum Gasteiger partial charge on any atom is -0.348 e. The van der Waals surface area contributed by atoms with Crippen molar-refractivity contribution in [3.63, 3.8) is 0 Å². The molecule has 1 aromatic heterocycles. The third kappa shape index (κ3) is 2.88. The van der Waals surface area contributed by atoms with Crippen LogP contribution in [0.2, 0.25) is 0 Å². The number of pyridine rings is 1. The van der Waals surface area contributed by atoms with Crippen molar-refractivity contribution in [2.24, 2.45) is 11.7 Å². The molecule has 1 fully saturated rings. The molecule has 1 saturated carbocycles. The third-order valence-corrected chi connectivity index (χ3v) is 3.06. The van der Waals surface area contributed by atoms with Crippen molar-refractivity contribution in [1.82, 2.24) is 10.3 Å².